The third kappa shape index (κ3) is 30.4. The molecule has 0 saturated carbocycles. The average Bonchev–Trinajstić information content (AvgIpc) is 3.25. The van der Waals surface area contributed by atoms with E-state index in [2.05, 4.69) is 43.5 Å². The molecule has 3 saturated heterocycles. The Morgan fingerprint density at radius 1 is 0.434 bits per heavy atom. The summed E-state index contributed by atoms with van der Waals surface area (Å²) in [5, 5.41) is 120. The Balaban J connectivity index is 1.36. The van der Waals surface area contributed by atoms with Crippen LogP contribution in [0, 0.1) is 0 Å². The molecule has 19 nitrogen and oxygen atoms in total. The van der Waals surface area contributed by atoms with Crippen molar-refractivity contribution in [1.29, 1.82) is 0 Å². The van der Waals surface area contributed by atoms with Crippen LogP contribution in [0.25, 0.3) is 0 Å². The molecule has 0 aromatic carbocycles. The van der Waals surface area contributed by atoms with E-state index in [1.165, 1.54) is 161 Å². The second-order valence-electron chi connectivity index (χ2n) is 23.9. The van der Waals surface area contributed by atoms with E-state index >= 15 is 0 Å². The first-order valence-electron chi connectivity index (χ1n) is 33.1. The van der Waals surface area contributed by atoms with Gasteiger partial charge in [-0.15, -0.1) is 0 Å². The number of allylic oxidation sites excluding steroid dienone is 4. The second-order valence-corrected chi connectivity index (χ2v) is 23.9. The predicted octanol–water partition coefficient (Wildman–Crippen LogP) is 7.49. The molecule has 3 rings (SSSR count). The molecule has 3 heterocycles. The third-order valence-electron chi connectivity index (χ3n) is 16.8. The van der Waals surface area contributed by atoms with Gasteiger partial charge >= 0.3 is 0 Å². The standard InChI is InChI=1S/C64H119NO18/c1-3-5-7-9-11-13-14-15-16-17-18-19-20-21-22-23-24-25-26-27-28-29-30-31-32-34-36-38-40-42-52(70)65-47(48(69)41-39-37-35-33-12-10-8-6-4-2)46-78-62-58(76)55(73)60(50(44-67)80-62)83-64-59(77)56(74)61(51(45-68)81-64)82-63-57(75)54(72)53(71)49(43-66)79-63/h14-15,17-18,47-51,53-64,66-69,71-77H,3-13,16,19-46H2,1-2H3,(H,65,70)/b15-14-,18-17-. The van der Waals surface area contributed by atoms with E-state index in [0.29, 0.717) is 12.8 Å². The fourth-order valence-corrected chi connectivity index (χ4v) is 11.3. The molecule has 1 amide bonds. The molecule has 0 radical (unpaired) electrons. The predicted molar refractivity (Wildman–Crippen MR) is 319 cm³/mol. The molecule has 0 spiro atoms. The zero-order valence-electron chi connectivity index (χ0n) is 51.2. The van der Waals surface area contributed by atoms with Crippen LogP contribution in [-0.2, 0) is 33.2 Å². The first-order valence-corrected chi connectivity index (χ1v) is 33.1. The van der Waals surface area contributed by atoms with Crippen LogP contribution in [0.3, 0.4) is 0 Å². The number of nitrogens with one attached hydrogen (secondary N) is 1. The molecule has 83 heavy (non-hydrogen) atoms. The lowest BCUT2D eigenvalue weighted by Gasteiger charge is -2.48. The van der Waals surface area contributed by atoms with Gasteiger partial charge in [0.2, 0.25) is 5.91 Å². The van der Waals surface area contributed by atoms with Crippen molar-refractivity contribution in [1.82, 2.24) is 5.32 Å². The minimum atomic E-state index is -1.97. The zero-order chi connectivity index (χ0) is 60.5. The van der Waals surface area contributed by atoms with Gasteiger partial charge in [-0.05, 0) is 44.9 Å². The first kappa shape index (κ1) is 75.5. The maximum atomic E-state index is 13.3. The molecular formula is C64H119NO18. The molecule has 3 aliphatic heterocycles. The van der Waals surface area contributed by atoms with Gasteiger partial charge < -0.3 is 89.9 Å². The smallest absolute Gasteiger partial charge is 0.220 e. The number of aliphatic hydroxyl groups is 11. The maximum Gasteiger partial charge on any atom is 0.220 e. The van der Waals surface area contributed by atoms with Crippen LogP contribution in [0.5, 0.6) is 0 Å². The van der Waals surface area contributed by atoms with Crippen molar-refractivity contribution < 1.29 is 89.4 Å². The van der Waals surface area contributed by atoms with Crippen LogP contribution < -0.4 is 5.32 Å². The number of rotatable bonds is 50. The molecule has 0 aromatic heterocycles. The molecule has 3 fully saturated rings. The monoisotopic (exact) mass is 1190 g/mol. The topological polar surface area (TPSA) is 307 Å². The third-order valence-corrected chi connectivity index (χ3v) is 16.8. The number of unbranched alkanes of at least 4 members (excludes halogenated alkanes) is 30. The van der Waals surface area contributed by atoms with Gasteiger partial charge in [-0.3, -0.25) is 4.79 Å². The Hall–Kier alpha value is -1.73. The quantitative estimate of drug-likeness (QED) is 0.0207. The molecule has 0 aromatic rings. The number of amides is 1. The van der Waals surface area contributed by atoms with Gasteiger partial charge in [-0.1, -0.05) is 218 Å². The fourth-order valence-electron chi connectivity index (χ4n) is 11.3. The number of carbonyl (C=O) groups excluding carboxylic acids is 1. The van der Waals surface area contributed by atoms with Crippen LogP contribution in [0.1, 0.15) is 245 Å². The van der Waals surface area contributed by atoms with Crippen molar-refractivity contribution in [2.45, 2.75) is 349 Å². The highest BCUT2D eigenvalue weighted by atomic mass is 16.8. The highest BCUT2D eigenvalue weighted by Crippen LogP contribution is 2.33. The number of hydrogen-bond donors (Lipinski definition) is 12. The lowest BCUT2D eigenvalue weighted by atomic mass is 9.96. The van der Waals surface area contributed by atoms with Crippen molar-refractivity contribution in [2.75, 3.05) is 26.4 Å². The minimum absolute atomic E-state index is 0.243. The Morgan fingerprint density at radius 2 is 0.795 bits per heavy atom. The molecule has 488 valence electrons. The Kier molecular flexibility index (Phi) is 43.0. The normalized spacial score (nSPS) is 29.5. The summed E-state index contributed by atoms with van der Waals surface area (Å²) >= 11 is 0. The van der Waals surface area contributed by atoms with E-state index in [9.17, 15) is 61.0 Å². The number of ether oxygens (including phenoxy) is 6. The molecule has 17 atom stereocenters. The van der Waals surface area contributed by atoms with Crippen LogP contribution >= 0.6 is 0 Å². The summed E-state index contributed by atoms with van der Waals surface area (Å²) in [6.45, 7) is 1.76. The van der Waals surface area contributed by atoms with Crippen LogP contribution in [0.15, 0.2) is 24.3 Å². The van der Waals surface area contributed by atoms with Crippen LogP contribution in [0.2, 0.25) is 0 Å². The summed E-state index contributed by atoms with van der Waals surface area (Å²) in [7, 11) is 0. The summed E-state index contributed by atoms with van der Waals surface area (Å²) in [6.07, 6.45) is 24.4. The SMILES string of the molecule is CCCCCCC/C=C\C/C=C\CCCCCCCCCCCCCCCCCCCC(=O)NC(COC1OC(CO)C(OC2OC(CO)C(OC3OC(CO)C(O)C(O)C3O)C(O)C2O)C(O)C1O)C(O)CCCCCCCCCCC. The minimum Gasteiger partial charge on any atom is -0.394 e. The van der Waals surface area contributed by atoms with Gasteiger partial charge in [-0.2, -0.15) is 0 Å². The maximum absolute atomic E-state index is 13.3. The summed E-state index contributed by atoms with van der Waals surface area (Å²) in [5.74, 6) is -0.243. The molecule has 0 aliphatic carbocycles. The number of hydrogen-bond acceptors (Lipinski definition) is 18. The van der Waals surface area contributed by atoms with Crippen molar-refractivity contribution in [3.63, 3.8) is 0 Å². The van der Waals surface area contributed by atoms with Crippen molar-refractivity contribution in [2.24, 2.45) is 0 Å². The highest BCUT2D eigenvalue weighted by Gasteiger charge is 2.53. The van der Waals surface area contributed by atoms with Gasteiger partial charge in [0.05, 0.1) is 38.6 Å². The molecule has 19 heteroatoms. The van der Waals surface area contributed by atoms with Crippen molar-refractivity contribution in [3.8, 4) is 0 Å². The number of aliphatic hydroxyl groups excluding tert-OH is 11. The summed E-state index contributed by atoms with van der Waals surface area (Å²) in [5.41, 5.74) is 0. The Labute approximate surface area is 498 Å². The average molecular weight is 1190 g/mol. The highest BCUT2D eigenvalue weighted by molar-refractivity contribution is 5.76. The lowest BCUT2D eigenvalue weighted by molar-refractivity contribution is -0.379. The largest absolute Gasteiger partial charge is 0.394 e. The number of carbonyl (C=O) groups is 1. The molecule has 17 unspecified atom stereocenters. The lowest BCUT2D eigenvalue weighted by Crippen LogP contribution is -2.66. The Morgan fingerprint density at radius 3 is 1.23 bits per heavy atom. The van der Waals surface area contributed by atoms with Crippen LogP contribution in [0.4, 0.5) is 0 Å². The van der Waals surface area contributed by atoms with E-state index in [4.69, 9.17) is 28.4 Å². The van der Waals surface area contributed by atoms with Gasteiger partial charge in [0, 0.05) is 6.42 Å². The molecule has 0 bridgehead atoms. The molecule has 12 N–H and O–H groups in total. The summed E-state index contributed by atoms with van der Waals surface area (Å²) < 4.78 is 34.3. The van der Waals surface area contributed by atoms with Crippen LogP contribution in [-0.4, -0.2) is 193 Å². The van der Waals surface area contributed by atoms with E-state index in [1.54, 1.807) is 0 Å². The van der Waals surface area contributed by atoms with E-state index in [0.717, 1.165) is 51.4 Å². The van der Waals surface area contributed by atoms with E-state index in [1.807, 2.05) is 0 Å². The van der Waals surface area contributed by atoms with Gasteiger partial charge in [-0.25, -0.2) is 0 Å². The summed E-state index contributed by atoms with van der Waals surface area (Å²) in [4.78, 5) is 13.3. The van der Waals surface area contributed by atoms with E-state index < -0.39 is 124 Å². The summed E-state index contributed by atoms with van der Waals surface area (Å²) in [6, 6.07) is -0.882. The second kappa shape index (κ2) is 47.3. The fraction of sp³-hybridized carbons (Fsp3) is 0.922. The van der Waals surface area contributed by atoms with Gasteiger partial charge in [0.1, 0.15) is 73.2 Å². The zero-order valence-corrected chi connectivity index (χ0v) is 51.2. The van der Waals surface area contributed by atoms with Gasteiger partial charge in [0.15, 0.2) is 18.9 Å². The first-order chi connectivity index (χ1) is 40.3. The Bertz CT molecular complexity index is 1610. The van der Waals surface area contributed by atoms with Gasteiger partial charge in [0.25, 0.3) is 0 Å². The van der Waals surface area contributed by atoms with Crippen molar-refractivity contribution >= 4 is 5.91 Å². The molecule has 3 aliphatic rings. The molecular weight excluding hydrogens is 1070 g/mol. The van der Waals surface area contributed by atoms with E-state index in [-0.39, 0.29) is 18.9 Å². The van der Waals surface area contributed by atoms with Crippen molar-refractivity contribution in [3.05, 3.63) is 24.3 Å².